The summed E-state index contributed by atoms with van der Waals surface area (Å²) in [5.74, 6) is -0.372. The zero-order chi connectivity index (χ0) is 32.6. The summed E-state index contributed by atoms with van der Waals surface area (Å²) in [5, 5.41) is 3.21. The van der Waals surface area contributed by atoms with E-state index in [1.807, 2.05) is 43.3 Å². The summed E-state index contributed by atoms with van der Waals surface area (Å²) in [6, 6.07) is 26.3. The molecule has 0 fully saturated rings. The number of hydrogen-bond acceptors (Lipinski definition) is 5. The second kappa shape index (κ2) is 15.3. The van der Waals surface area contributed by atoms with Crippen LogP contribution in [0.5, 0.6) is 5.75 Å². The number of carbonyl (C=O) groups is 2. The van der Waals surface area contributed by atoms with E-state index >= 15 is 0 Å². The van der Waals surface area contributed by atoms with Gasteiger partial charge in [-0.05, 0) is 67.4 Å². The van der Waals surface area contributed by atoms with Gasteiger partial charge < -0.3 is 15.0 Å². The Labute approximate surface area is 274 Å². The number of anilines is 1. The van der Waals surface area contributed by atoms with Gasteiger partial charge in [-0.15, -0.1) is 0 Å². The maximum Gasteiger partial charge on any atom is 0.264 e. The van der Waals surface area contributed by atoms with Crippen LogP contribution in [0.2, 0.25) is 10.0 Å². The molecule has 8 nitrogen and oxygen atoms in total. The van der Waals surface area contributed by atoms with Crippen LogP contribution in [0.4, 0.5) is 5.69 Å². The lowest BCUT2D eigenvalue weighted by molar-refractivity contribution is -0.140. The fraction of sp³-hybridized carbons (Fsp3) is 0.235. The number of nitrogens with one attached hydrogen (secondary N) is 1. The van der Waals surface area contributed by atoms with Gasteiger partial charge in [0, 0.05) is 19.5 Å². The average Bonchev–Trinajstić information content (AvgIpc) is 3.03. The smallest absolute Gasteiger partial charge is 0.264 e. The van der Waals surface area contributed by atoms with Gasteiger partial charge in [0.2, 0.25) is 11.8 Å². The highest BCUT2D eigenvalue weighted by Crippen LogP contribution is 2.31. The number of hydrogen-bond donors (Lipinski definition) is 1. The Bertz CT molecular complexity index is 1730. The van der Waals surface area contributed by atoms with E-state index in [1.165, 1.54) is 35.2 Å². The molecule has 0 spiro atoms. The summed E-state index contributed by atoms with van der Waals surface area (Å²) in [6.07, 6.45) is 0.208. The molecule has 45 heavy (non-hydrogen) atoms. The molecule has 0 aromatic heterocycles. The van der Waals surface area contributed by atoms with Gasteiger partial charge in [-0.25, -0.2) is 8.42 Å². The zero-order valence-electron chi connectivity index (χ0n) is 25.2. The molecule has 0 unspecified atom stereocenters. The van der Waals surface area contributed by atoms with Crippen LogP contribution in [0.25, 0.3) is 0 Å². The number of aryl methyl sites for hydroxylation is 1. The molecular formula is C34H35Cl2N3O5S. The highest BCUT2D eigenvalue weighted by Gasteiger charge is 2.34. The minimum Gasteiger partial charge on any atom is -0.497 e. The third-order valence-corrected chi connectivity index (χ3v) is 9.72. The first-order valence-electron chi connectivity index (χ1n) is 14.3. The number of nitrogens with zero attached hydrogens (tertiary/aromatic N) is 2. The number of ether oxygens (including phenoxy) is 1. The normalized spacial score (nSPS) is 11.8. The first-order valence-corrected chi connectivity index (χ1v) is 16.5. The molecule has 4 aromatic carbocycles. The minimum atomic E-state index is -4.26. The van der Waals surface area contributed by atoms with E-state index < -0.39 is 28.5 Å². The predicted octanol–water partition coefficient (Wildman–Crippen LogP) is 6.28. The quantitative estimate of drug-likeness (QED) is 0.181. The van der Waals surface area contributed by atoms with E-state index in [4.69, 9.17) is 27.9 Å². The SMILES string of the molecule is CCNC(=O)[C@H](Cc1ccccc1)N(Cc1cccc(OC)c1)C(=O)CN(c1ccc(Cl)c(Cl)c1)S(=O)(=O)c1ccc(C)cc1. The second-order valence-corrected chi connectivity index (χ2v) is 13.1. The van der Waals surface area contributed by atoms with Crippen LogP contribution in [0.3, 0.4) is 0 Å². The molecule has 2 amide bonds. The van der Waals surface area contributed by atoms with Crippen LogP contribution in [0.1, 0.15) is 23.6 Å². The van der Waals surface area contributed by atoms with Crippen molar-refractivity contribution in [2.24, 2.45) is 0 Å². The lowest BCUT2D eigenvalue weighted by Crippen LogP contribution is -2.53. The summed E-state index contributed by atoms with van der Waals surface area (Å²) >= 11 is 12.5. The van der Waals surface area contributed by atoms with Gasteiger partial charge in [0.05, 0.1) is 27.7 Å². The van der Waals surface area contributed by atoms with E-state index in [9.17, 15) is 18.0 Å². The molecule has 0 aliphatic rings. The van der Waals surface area contributed by atoms with Gasteiger partial charge in [0.1, 0.15) is 18.3 Å². The fourth-order valence-electron chi connectivity index (χ4n) is 4.82. The van der Waals surface area contributed by atoms with Crippen molar-refractivity contribution in [1.82, 2.24) is 10.2 Å². The maximum absolute atomic E-state index is 14.5. The van der Waals surface area contributed by atoms with Crippen molar-refractivity contribution in [3.8, 4) is 5.75 Å². The molecule has 0 saturated heterocycles. The van der Waals surface area contributed by atoms with Crippen molar-refractivity contribution in [3.05, 3.63) is 124 Å². The molecule has 0 heterocycles. The highest BCUT2D eigenvalue weighted by molar-refractivity contribution is 7.92. The largest absolute Gasteiger partial charge is 0.497 e. The summed E-state index contributed by atoms with van der Waals surface area (Å²) < 4.78 is 34.6. The molecule has 11 heteroatoms. The van der Waals surface area contributed by atoms with Crippen molar-refractivity contribution in [2.75, 3.05) is 24.5 Å². The van der Waals surface area contributed by atoms with Crippen LogP contribution in [0, 0.1) is 6.92 Å². The molecule has 1 atom stereocenters. The van der Waals surface area contributed by atoms with Crippen molar-refractivity contribution >= 4 is 50.7 Å². The molecule has 0 radical (unpaired) electrons. The lowest BCUT2D eigenvalue weighted by atomic mass is 10.0. The Morgan fingerprint density at radius 1 is 0.867 bits per heavy atom. The summed E-state index contributed by atoms with van der Waals surface area (Å²) in [6.45, 7) is 3.41. The third-order valence-electron chi connectivity index (χ3n) is 7.19. The average molecular weight is 669 g/mol. The monoisotopic (exact) mass is 667 g/mol. The molecule has 1 N–H and O–H groups in total. The Balaban J connectivity index is 1.82. The van der Waals surface area contributed by atoms with Gasteiger partial charge in [-0.1, -0.05) is 83.4 Å². The minimum absolute atomic E-state index is 0.00382. The van der Waals surface area contributed by atoms with Crippen LogP contribution in [0.15, 0.2) is 102 Å². The van der Waals surface area contributed by atoms with E-state index in [-0.39, 0.29) is 39.5 Å². The number of carbonyl (C=O) groups excluding carboxylic acids is 2. The fourth-order valence-corrected chi connectivity index (χ4v) is 6.52. The van der Waals surface area contributed by atoms with Crippen LogP contribution in [-0.2, 0) is 32.6 Å². The third kappa shape index (κ3) is 8.57. The Kier molecular flexibility index (Phi) is 11.5. The van der Waals surface area contributed by atoms with Crippen molar-refractivity contribution in [3.63, 3.8) is 0 Å². The van der Waals surface area contributed by atoms with E-state index in [1.54, 1.807) is 44.4 Å². The van der Waals surface area contributed by atoms with Gasteiger partial charge in [-0.2, -0.15) is 0 Å². The van der Waals surface area contributed by atoms with Crippen molar-refractivity contribution in [2.45, 2.75) is 37.8 Å². The van der Waals surface area contributed by atoms with Gasteiger partial charge in [-0.3, -0.25) is 13.9 Å². The van der Waals surface area contributed by atoms with Gasteiger partial charge in [0.25, 0.3) is 10.0 Å². The predicted molar refractivity (Wildman–Crippen MR) is 178 cm³/mol. The zero-order valence-corrected chi connectivity index (χ0v) is 27.6. The van der Waals surface area contributed by atoms with Crippen molar-refractivity contribution < 1.29 is 22.7 Å². The molecule has 0 aliphatic heterocycles. The number of sulfonamides is 1. The Morgan fingerprint density at radius 3 is 2.20 bits per heavy atom. The second-order valence-electron chi connectivity index (χ2n) is 10.4. The first kappa shape index (κ1) is 33.8. The first-order chi connectivity index (χ1) is 21.5. The number of methoxy groups -OCH3 is 1. The van der Waals surface area contributed by atoms with Crippen molar-refractivity contribution in [1.29, 1.82) is 0 Å². The topological polar surface area (TPSA) is 96.0 Å². The van der Waals surface area contributed by atoms with Crippen LogP contribution in [-0.4, -0.2) is 51.4 Å². The molecule has 0 bridgehead atoms. The number of halogens is 2. The maximum atomic E-state index is 14.5. The molecule has 236 valence electrons. The molecule has 4 aromatic rings. The molecule has 4 rings (SSSR count). The number of rotatable bonds is 13. The van der Waals surface area contributed by atoms with Crippen LogP contribution < -0.4 is 14.4 Å². The van der Waals surface area contributed by atoms with Gasteiger partial charge in [0.15, 0.2) is 0 Å². The molecule has 0 aliphatic carbocycles. The number of likely N-dealkylation sites (N-methyl/N-ethyl adjacent to an activating group) is 1. The standard InChI is InChI=1S/C34H35Cl2N3O5S/c1-4-37-34(41)32(20-25-9-6-5-7-10-25)38(22-26-11-8-12-28(19-26)44-3)33(40)23-39(27-15-18-30(35)31(36)21-27)45(42,43)29-16-13-24(2)14-17-29/h5-19,21,32H,4,20,22-23H2,1-3H3,(H,37,41)/t32-/m0/s1. The highest BCUT2D eigenvalue weighted by atomic mass is 35.5. The van der Waals surface area contributed by atoms with E-state index in [0.29, 0.717) is 17.9 Å². The Hall–Kier alpha value is -4.05. The summed E-state index contributed by atoms with van der Waals surface area (Å²) in [4.78, 5) is 29.5. The van der Waals surface area contributed by atoms with E-state index in [2.05, 4.69) is 5.32 Å². The number of amides is 2. The summed E-state index contributed by atoms with van der Waals surface area (Å²) in [5.41, 5.74) is 2.57. The summed E-state index contributed by atoms with van der Waals surface area (Å²) in [7, 11) is -2.72. The Morgan fingerprint density at radius 2 is 1.56 bits per heavy atom. The van der Waals surface area contributed by atoms with Gasteiger partial charge >= 0.3 is 0 Å². The molecule has 0 saturated carbocycles. The van der Waals surface area contributed by atoms with Crippen LogP contribution >= 0.6 is 23.2 Å². The molecular weight excluding hydrogens is 633 g/mol. The lowest BCUT2D eigenvalue weighted by Gasteiger charge is -2.34. The van der Waals surface area contributed by atoms with E-state index in [0.717, 1.165) is 15.4 Å². The number of benzene rings is 4.